The number of benzene rings is 2. The average Bonchev–Trinajstić information content (AvgIpc) is 2.65. The molecule has 6 nitrogen and oxygen atoms in total. The first-order valence-corrected chi connectivity index (χ1v) is 7.43. The van der Waals surface area contributed by atoms with Gasteiger partial charge < -0.3 is 24.1 Å². The van der Waals surface area contributed by atoms with E-state index in [1.165, 1.54) is 52.7 Å². The quantitative estimate of drug-likeness (QED) is 0.613. The molecule has 0 saturated carbocycles. The highest BCUT2D eigenvalue weighted by Gasteiger charge is 2.12. The fraction of sp³-hybridized carbons (Fsp3) is 0.211. The van der Waals surface area contributed by atoms with Crippen LogP contribution in [0.1, 0.15) is 15.9 Å². The highest BCUT2D eigenvalue weighted by Crippen LogP contribution is 2.38. The van der Waals surface area contributed by atoms with Gasteiger partial charge in [0.05, 0.1) is 28.4 Å². The summed E-state index contributed by atoms with van der Waals surface area (Å²) in [5.41, 5.74) is 1.12. The van der Waals surface area contributed by atoms with Crippen LogP contribution in [0.5, 0.6) is 28.7 Å². The van der Waals surface area contributed by atoms with Crippen molar-refractivity contribution in [1.29, 1.82) is 0 Å². The van der Waals surface area contributed by atoms with Crippen LogP contribution in [0.4, 0.5) is 0 Å². The fourth-order valence-electron chi connectivity index (χ4n) is 2.30. The van der Waals surface area contributed by atoms with Gasteiger partial charge in [-0.25, -0.2) is 0 Å². The Morgan fingerprint density at radius 3 is 2.00 bits per heavy atom. The molecule has 0 fully saturated rings. The van der Waals surface area contributed by atoms with Gasteiger partial charge in [0.25, 0.3) is 0 Å². The van der Waals surface area contributed by atoms with Crippen LogP contribution in [-0.4, -0.2) is 39.3 Å². The summed E-state index contributed by atoms with van der Waals surface area (Å²) in [6.07, 6.45) is 3.07. The molecular weight excluding hydrogens is 324 g/mol. The molecule has 0 aliphatic carbocycles. The molecule has 0 saturated heterocycles. The van der Waals surface area contributed by atoms with E-state index in [1.54, 1.807) is 18.2 Å². The lowest BCUT2D eigenvalue weighted by Gasteiger charge is -2.12. The third-order valence-corrected chi connectivity index (χ3v) is 3.58. The van der Waals surface area contributed by atoms with Crippen LogP contribution in [0.25, 0.3) is 6.08 Å². The van der Waals surface area contributed by atoms with E-state index in [9.17, 15) is 9.90 Å². The monoisotopic (exact) mass is 344 g/mol. The van der Waals surface area contributed by atoms with E-state index >= 15 is 0 Å². The van der Waals surface area contributed by atoms with Crippen molar-refractivity contribution >= 4 is 11.9 Å². The van der Waals surface area contributed by atoms with Crippen molar-refractivity contribution < 1.29 is 28.8 Å². The normalized spacial score (nSPS) is 10.6. The number of carbonyl (C=O) groups is 1. The zero-order valence-corrected chi connectivity index (χ0v) is 14.5. The fourth-order valence-corrected chi connectivity index (χ4v) is 2.30. The number of hydrogen-bond donors (Lipinski definition) is 1. The van der Waals surface area contributed by atoms with Gasteiger partial charge in [0, 0.05) is 5.56 Å². The number of methoxy groups -OCH3 is 4. The number of phenolic OH excluding ortho intramolecular Hbond substituents is 1. The largest absolute Gasteiger partial charge is 0.504 e. The molecule has 132 valence electrons. The van der Waals surface area contributed by atoms with E-state index in [1.807, 2.05) is 0 Å². The Morgan fingerprint density at radius 2 is 1.48 bits per heavy atom. The first kappa shape index (κ1) is 18.2. The highest BCUT2D eigenvalue weighted by atomic mass is 16.5. The van der Waals surface area contributed by atoms with E-state index in [-0.39, 0.29) is 17.3 Å². The molecule has 25 heavy (non-hydrogen) atoms. The van der Waals surface area contributed by atoms with E-state index in [2.05, 4.69) is 0 Å². The van der Waals surface area contributed by atoms with Gasteiger partial charge in [-0.1, -0.05) is 6.08 Å². The summed E-state index contributed by atoms with van der Waals surface area (Å²) in [6, 6.07) is 7.90. The van der Waals surface area contributed by atoms with Gasteiger partial charge in [0.2, 0.25) is 5.75 Å². The molecule has 0 heterocycles. The highest BCUT2D eigenvalue weighted by molar-refractivity contribution is 6.07. The van der Waals surface area contributed by atoms with Crippen molar-refractivity contribution in [2.45, 2.75) is 0 Å². The van der Waals surface area contributed by atoms with Crippen molar-refractivity contribution in [2.24, 2.45) is 0 Å². The number of phenols is 1. The number of hydrogen-bond acceptors (Lipinski definition) is 6. The van der Waals surface area contributed by atoms with Gasteiger partial charge in [0.1, 0.15) is 0 Å². The molecule has 0 spiro atoms. The lowest BCUT2D eigenvalue weighted by atomic mass is 10.1. The van der Waals surface area contributed by atoms with E-state index in [0.717, 1.165) is 0 Å². The SMILES string of the molecule is COc1cc(C(=O)C=Cc2cc(OC)c(OC)c(OC)c2)ccc1O. The summed E-state index contributed by atoms with van der Waals surface area (Å²) in [5, 5.41) is 9.60. The zero-order chi connectivity index (χ0) is 18.4. The molecule has 6 heteroatoms. The first-order valence-electron chi connectivity index (χ1n) is 7.43. The van der Waals surface area contributed by atoms with Crippen molar-refractivity contribution in [2.75, 3.05) is 28.4 Å². The van der Waals surface area contributed by atoms with Crippen molar-refractivity contribution in [3.8, 4) is 28.7 Å². The van der Waals surface area contributed by atoms with Crippen LogP contribution >= 0.6 is 0 Å². The summed E-state index contributed by atoms with van der Waals surface area (Å²) in [7, 11) is 6.00. The Kier molecular flexibility index (Phi) is 5.89. The van der Waals surface area contributed by atoms with E-state index < -0.39 is 0 Å². The van der Waals surface area contributed by atoms with Gasteiger partial charge in [-0.2, -0.15) is 0 Å². The second kappa shape index (κ2) is 8.10. The van der Waals surface area contributed by atoms with E-state index in [4.69, 9.17) is 18.9 Å². The summed E-state index contributed by atoms with van der Waals surface area (Å²) in [5.74, 6) is 1.48. The number of ether oxygens (including phenoxy) is 4. The smallest absolute Gasteiger partial charge is 0.203 e. The Morgan fingerprint density at radius 1 is 0.880 bits per heavy atom. The Balaban J connectivity index is 2.31. The molecule has 0 aliphatic rings. The molecule has 0 bridgehead atoms. The molecule has 0 aliphatic heterocycles. The maximum absolute atomic E-state index is 12.3. The molecule has 2 rings (SSSR count). The van der Waals surface area contributed by atoms with Crippen LogP contribution in [0.3, 0.4) is 0 Å². The van der Waals surface area contributed by atoms with Gasteiger partial charge >= 0.3 is 0 Å². The number of aromatic hydroxyl groups is 1. The van der Waals surface area contributed by atoms with Gasteiger partial charge in [0.15, 0.2) is 28.8 Å². The van der Waals surface area contributed by atoms with Crippen molar-refractivity contribution in [1.82, 2.24) is 0 Å². The molecule has 2 aromatic carbocycles. The lowest BCUT2D eigenvalue weighted by Crippen LogP contribution is -1.97. The summed E-state index contributed by atoms with van der Waals surface area (Å²) >= 11 is 0. The molecule has 1 N–H and O–H groups in total. The molecule has 2 aromatic rings. The third kappa shape index (κ3) is 4.03. The first-order chi connectivity index (χ1) is 12.0. The molecule has 0 radical (unpaired) electrons. The summed E-state index contributed by atoms with van der Waals surface area (Å²) in [6.45, 7) is 0. The Hall–Kier alpha value is -3.15. The topological polar surface area (TPSA) is 74.2 Å². The van der Waals surface area contributed by atoms with Gasteiger partial charge in [-0.3, -0.25) is 4.79 Å². The van der Waals surface area contributed by atoms with Gasteiger partial charge in [-0.05, 0) is 42.0 Å². The average molecular weight is 344 g/mol. The van der Waals surface area contributed by atoms with Crippen LogP contribution in [0, 0.1) is 0 Å². The maximum atomic E-state index is 12.3. The summed E-state index contributed by atoms with van der Waals surface area (Å²) < 4.78 is 20.8. The molecule has 0 unspecified atom stereocenters. The molecule has 0 amide bonds. The van der Waals surface area contributed by atoms with Gasteiger partial charge in [-0.15, -0.1) is 0 Å². The lowest BCUT2D eigenvalue weighted by molar-refractivity contribution is 0.104. The van der Waals surface area contributed by atoms with Crippen LogP contribution in [0.15, 0.2) is 36.4 Å². The second-order valence-corrected chi connectivity index (χ2v) is 5.04. The zero-order valence-electron chi connectivity index (χ0n) is 14.5. The minimum atomic E-state index is -0.230. The van der Waals surface area contributed by atoms with Crippen molar-refractivity contribution in [3.05, 3.63) is 47.5 Å². The number of rotatable bonds is 7. The summed E-state index contributed by atoms with van der Waals surface area (Å²) in [4.78, 5) is 12.3. The predicted molar refractivity (Wildman–Crippen MR) is 94.1 cm³/mol. The van der Waals surface area contributed by atoms with Crippen LogP contribution < -0.4 is 18.9 Å². The predicted octanol–water partition coefficient (Wildman–Crippen LogP) is 3.32. The van der Waals surface area contributed by atoms with Crippen molar-refractivity contribution in [3.63, 3.8) is 0 Å². The maximum Gasteiger partial charge on any atom is 0.203 e. The third-order valence-electron chi connectivity index (χ3n) is 3.58. The second-order valence-electron chi connectivity index (χ2n) is 5.04. The number of allylic oxidation sites excluding steroid dienone is 1. The number of carbonyl (C=O) groups excluding carboxylic acids is 1. The molecule has 0 aromatic heterocycles. The van der Waals surface area contributed by atoms with Crippen LogP contribution in [-0.2, 0) is 0 Å². The minimum absolute atomic E-state index is 0.0207. The molecule has 0 atom stereocenters. The van der Waals surface area contributed by atoms with E-state index in [0.29, 0.717) is 28.4 Å². The minimum Gasteiger partial charge on any atom is -0.504 e. The molecular formula is C19H20O6. The van der Waals surface area contributed by atoms with Crippen LogP contribution in [0.2, 0.25) is 0 Å². The Bertz CT molecular complexity index is 769. The Labute approximate surface area is 146 Å². The standard InChI is InChI=1S/C19H20O6/c1-22-16-11-13(6-8-15(16)21)14(20)7-5-12-9-17(23-2)19(25-4)18(10-12)24-3/h5-11,21H,1-4H3. The number of ketones is 1.